The number of halogens is 4. The Morgan fingerprint density at radius 1 is 1.36 bits per heavy atom. The van der Waals surface area contributed by atoms with Crippen LogP contribution in [0.25, 0.3) is 0 Å². The summed E-state index contributed by atoms with van der Waals surface area (Å²) in [5.74, 6) is -0.0917. The Kier molecular flexibility index (Phi) is 4.80. The highest BCUT2D eigenvalue weighted by molar-refractivity contribution is 6.31. The summed E-state index contributed by atoms with van der Waals surface area (Å²) in [4.78, 5) is 22.7. The molecule has 0 aromatic heterocycles. The molecule has 1 aromatic carbocycles. The zero-order chi connectivity index (χ0) is 16.3. The number of alkyl halides is 3. The topological polar surface area (TPSA) is 70.2 Å². The third kappa shape index (κ3) is 4.27. The van der Waals surface area contributed by atoms with Crippen molar-refractivity contribution < 1.29 is 22.8 Å². The standard InChI is InChI=1S/C13H13ClF3N3O2/c14-10-3-1-7(5-9(10)13(15,16)17)19-12(22)20-8-2-4-11(21)18-6-8/h1,3,5,8H,2,4,6H2,(H,18,21)(H2,19,20,22)/t8-/m1/s1. The quantitative estimate of drug-likeness (QED) is 0.777. The summed E-state index contributed by atoms with van der Waals surface area (Å²) in [7, 11) is 0. The van der Waals surface area contributed by atoms with Crippen molar-refractivity contribution in [3.63, 3.8) is 0 Å². The van der Waals surface area contributed by atoms with Crippen LogP contribution in [0.5, 0.6) is 0 Å². The first-order chi connectivity index (χ1) is 10.3. The fourth-order valence-electron chi connectivity index (χ4n) is 2.03. The van der Waals surface area contributed by atoms with Crippen LogP contribution in [0.2, 0.25) is 5.02 Å². The third-order valence-corrected chi connectivity index (χ3v) is 3.46. The molecule has 1 saturated heterocycles. The molecule has 1 aliphatic rings. The smallest absolute Gasteiger partial charge is 0.354 e. The van der Waals surface area contributed by atoms with Gasteiger partial charge in [0.2, 0.25) is 5.91 Å². The molecule has 1 aromatic rings. The van der Waals surface area contributed by atoms with Gasteiger partial charge in [-0.1, -0.05) is 11.6 Å². The van der Waals surface area contributed by atoms with Gasteiger partial charge in [0.05, 0.1) is 10.6 Å². The number of rotatable bonds is 2. The van der Waals surface area contributed by atoms with Gasteiger partial charge in [0, 0.05) is 24.7 Å². The molecule has 9 heteroatoms. The number of carbonyl (C=O) groups excluding carboxylic acids is 2. The first-order valence-electron chi connectivity index (χ1n) is 6.46. The molecule has 0 aliphatic carbocycles. The minimum Gasteiger partial charge on any atom is -0.354 e. The molecule has 0 spiro atoms. The maximum absolute atomic E-state index is 12.7. The molecule has 5 nitrogen and oxygen atoms in total. The van der Waals surface area contributed by atoms with Crippen LogP contribution < -0.4 is 16.0 Å². The van der Waals surface area contributed by atoms with Gasteiger partial charge in [-0.05, 0) is 24.6 Å². The highest BCUT2D eigenvalue weighted by Crippen LogP contribution is 2.36. The van der Waals surface area contributed by atoms with E-state index in [9.17, 15) is 22.8 Å². The summed E-state index contributed by atoms with van der Waals surface area (Å²) >= 11 is 5.50. The summed E-state index contributed by atoms with van der Waals surface area (Å²) in [5, 5.41) is 7.05. The summed E-state index contributed by atoms with van der Waals surface area (Å²) in [6.07, 6.45) is -3.82. The average Bonchev–Trinajstić information content (AvgIpc) is 2.42. The number of hydrogen-bond acceptors (Lipinski definition) is 2. The monoisotopic (exact) mass is 335 g/mol. The lowest BCUT2D eigenvalue weighted by Gasteiger charge is -2.23. The predicted octanol–water partition coefficient (Wildman–Crippen LogP) is 2.76. The zero-order valence-corrected chi connectivity index (χ0v) is 12.0. The number of hydrogen-bond donors (Lipinski definition) is 3. The van der Waals surface area contributed by atoms with Crippen LogP contribution in [-0.4, -0.2) is 24.5 Å². The summed E-state index contributed by atoms with van der Waals surface area (Å²) in [6, 6.07) is 2.22. The SMILES string of the molecule is O=C1CC[C@@H](NC(=O)Nc2ccc(Cl)c(C(F)(F)F)c2)CN1. The molecule has 3 amide bonds. The van der Waals surface area contributed by atoms with Gasteiger partial charge >= 0.3 is 12.2 Å². The Bertz CT molecular complexity index is 582. The number of urea groups is 1. The normalized spacial score (nSPS) is 18.5. The first kappa shape index (κ1) is 16.4. The minimum absolute atomic E-state index is 0.0194. The lowest BCUT2D eigenvalue weighted by atomic mass is 10.1. The molecule has 1 heterocycles. The highest BCUT2D eigenvalue weighted by atomic mass is 35.5. The number of benzene rings is 1. The zero-order valence-electron chi connectivity index (χ0n) is 11.3. The lowest BCUT2D eigenvalue weighted by Crippen LogP contribution is -2.48. The molecular weight excluding hydrogens is 323 g/mol. The molecule has 0 radical (unpaired) electrons. The fraction of sp³-hybridized carbons (Fsp3) is 0.385. The van der Waals surface area contributed by atoms with Crippen molar-refractivity contribution in [1.29, 1.82) is 0 Å². The molecule has 1 aliphatic heterocycles. The van der Waals surface area contributed by atoms with E-state index in [1.807, 2.05) is 0 Å². The highest BCUT2D eigenvalue weighted by Gasteiger charge is 2.33. The van der Waals surface area contributed by atoms with Crippen LogP contribution in [0, 0.1) is 0 Å². The molecule has 2 rings (SSSR count). The number of nitrogens with one attached hydrogen (secondary N) is 3. The average molecular weight is 336 g/mol. The largest absolute Gasteiger partial charge is 0.417 e. The van der Waals surface area contributed by atoms with Crippen molar-refractivity contribution >= 4 is 29.2 Å². The van der Waals surface area contributed by atoms with E-state index in [0.717, 1.165) is 12.1 Å². The van der Waals surface area contributed by atoms with Gasteiger partial charge < -0.3 is 16.0 Å². The van der Waals surface area contributed by atoms with Crippen molar-refractivity contribution in [3.8, 4) is 0 Å². The second-order valence-electron chi connectivity index (χ2n) is 4.83. The Morgan fingerprint density at radius 2 is 2.09 bits per heavy atom. The summed E-state index contributed by atoms with van der Waals surface area (Å²) in [5.41, 5.74) is -1.04. The van der Waals surface area contributed by atoms with E-state index in [1.165, 1.54) is 6.07 Å². The molecule has 120 valence electrons. The van der Waals surface area contributed by atoms with E-state index in [2.05, 4.69) is 16.0 Å². The molecule has 0 bridgehead atoms. The van der Waals surface area contributed by atoms with E-state index >= 15 is 0 Å². The Hall–Kier alpha value is -1.96. The molecule has 1 fully saturated rings. The van der Waals surface area contributed by atoms with Crippen molar-refractivity contribution in [2.75, 3.05) is 11.9 Å². The van der Waals surface area contributed by atoms with Crippen LogP contribution in [0.4, 0.5) is 23.7 Å². The van der Waals surface area contributed by atoms with Crippen LogP contribution >= 0.6 is 11.6 Å². The van der Waals surface area contributed by atoms with E-state index in [0.29, 0.717) is 19.4 Å². The number of piperidine rings is 1. The third-order valence-electron chi connectivity index (χ3n) is 3.13. The number of anilines is 1. The minimum atomic E-state index is -4.60. The van der Waals surface area contributed by atoms with E-state index in [1.54, 1.807) is 0 Å². The molecule has 0 saturated carbocycles. The number of carbonyl (C=O) groups is 2. The van der Waals surface area contributed by atoms with E-state index < -0.39 is 22.8 Å². The van der Waals surface area contributed by atoms with Crippen LogP contribution in [0.15, 0.2) is 18.2 Å². The van der Waals surface area contributed by atoms with Crippen molar-refractivity contribution in [3.05, 3.63) is 28.8 Å². The van der Waals surface area contributed by atoms with Gasteiger partial charge in [-0.25, -0.2) is 4.79 Å². The lowest BCUT2D eigenvalue weighted by molar-refractivity contribution is -0.137. The fourth-order valence-corrected chi connectivity index (χ4v) is 2.25. The first-order valence-corrected chi connectivity index (χ1v) is 6.84. The Labute approximate surface area is 129 Å². The predicted molar refractivity (Wildman–Crippen MR) is 74.6 cm³/mol. The van der Waals surface area contributed by atoms with Gasteiger partial charge in [-0.2, -0.15) is 13.2 Å². The molecule has 0 unspecified atom stereocenters. The molecular formula is C13H13ClF3N3O2. The van der Waals surface area contributed by atoms with Crippen molar-refractivity contribution in [1.82, 2.24) is 10.6 Å². The van der Waals surface area contributed by atoms with E-state index in [4.69, 9.17) is 11.6 Å². The second-order valence-corrected chi connectivity index (χ2v) is 5.24. The summed E-state index contributed by atoms with van der Waals surface area (Å²) < 4.78 is 38.2. The molecule has 3 N–H and O–H groups in total. The maximum atomic E-state index is 12.7. The second kappa shape index (κ2) is 6.43. The molecule has 22 heavy (non-hydrogen) atoms. The number of amides is 3. The van der Waals surface area contributed by atoms with Crippen LogP contribution in [0.3, 0.4) is 0 Å². The summed E-state index contributed by atoms with van der Waals surface area (Å²) in [6.45, 7) is 0.292. The van der Waals surface area contributed by atoms with Gasteiger partial charge in [0.1, 0.15) is 0 Å². The Morgan fingerprint density at radius 3 is 2.68 bits per heavy atom. The maximum Gasteiger partial charge on any atom is 0.417 e. The van der Waals surface area contributed by atoms with Crippen LogP contribution in [0.1, 0.15) is 18.4 Å². The van der Waals surface area contributed by atoms with Crippen LogP contribution in [-0.2, 0) is 11.0 Å². The van der Waals surface area contributed by atoms with E-state index in [-0.39, 0.29) is 17.6 Å². The van der Waals surface area contributed by atoms with Gasteiger partial charge in [-0.15, -0.1) is 0 Å². The van der Waals surface area contributed by atoms with Gasteiger partial charge in [0.15, 0.2) is 0 Å². The van der Waals surface area contributed by atoms with Gasteiger partial charge in [0.25, 0.3) is 0 Å². The Balaban J connectivity index is 1.98. The van der Waals surface area contributed by atoms with Gasteiger partial charge in [-0.3, -0.25) is 4.79 Å². The van der Waals surface area contributed by atoms with Crippen molar-refractivity contribution in [2.45, 2.75) is 25.1 Å². The van der Waals surface area contributed by atoms with Crippen molar-refractivity contribution in [2.24, 2.45) is 0 Å². The molecule has 1 atom stereocenters.